The van der Waals surface area contributed by atoms with Crippen molar-refractivity contribution in [1.82, 2.24) is 10.6 Å². The first-order valence-electron chi connectivity index (χ1n) is 7.40. The van der Waals surface area contributed by atoms with E-state index < -0.39 is 5.41 Å². The quantitative estimate of drug-likeness (QED) is 0.891. The zero-order valence-electron chi connectivity index (χ0n) is 13.1. The Hall–Kier alpha value is -1.17. The van der Waals surface area contributed by atoms with E-state index in [1.165, 1.54) is 6.07 Å². The molecule has 1 aromatic rings. The summed E-state index contributed by atoms with van der Waals surface area (Å²) in [4.78, 5) is 12.3. The molecule has 2 N–H and O–H groups in total. The topological polar surface area (TPSA) is 50.4 Å². The molecule has 0 aliphatic carbocycles. The van der Waals surface area contributed by atoms with E-state index >= 15 is 0 Å². The molecule has 1 amide bonds. The van der Waals surface area contributed by atoms with Crippen molar-refractivity contribution in [3.05, 3.63) is 34.6 Å². The Kier molecular flexibility index (Phi) is 5.42. The molecule has 1 heterocycles. The third-order valence-corrected chi connectivity index (χ3v) is 4.26. The molecule has 6 heteroatoms. The summed E-state index contributed by atoms with van der Waals surface area (Å²) in [5.41, 5.74) is -0.200. The molecule has 1 aliphatic heterocycles. The molecule has 122 valence electrons. The van der Waals surface area contributed by atoms with Crippen LogP contribution < -0.4 is 10.6 Å². The Balaban J connectivity index is 2.04. The summed E-state index contributed by atoms with van der Waals surface area (Å²) in [6, 6.07) is 4.22. The van der Waals surface area contributed by atoms with Gasteiger partial charge in [0.2, 0.25) is 5.91 Å². The van der Waals surface area contributed by atoms with E-state index in [9.17, 15) is 9.18 Å². The molecule has 1 saturated heterocycles. The first-order valence-corrected chi connectivity index (χ1v) is 7.78. The van der Waals surface area contributed by atoms with Crippen LogP contribution in [0.25, 0.3) is 0 Å². The number of benzene rings is 1. The van der Waals surface area contributed by atoms with Gasteiger partial charge in [-0.25, -0.2) is 4.39 Å². The highest BCUT2D eigenvalue weighted by atomic mass is 35.5. The molecule has 4 nitrogen and oxygen atoms in total. The van der Waals surface area contributed by atoms with Crippen molar-refractivity contribution >= 4 is 17.5 Å². The van der Waals surface area contributed by atoms with Crippen LogP contribution in [0, 0.1) is 5.82 Å². The summed E-state index contributed by atoms with van der Waals surface area (Å²) in [5.74, 6) is -0.507. The van der Waals surface area contributed by atoms with Crippen molar-refractivity contribution in [2.75, 3.05) is 19.7 Å². The minimum absolute atomic E-state index is 0.146. The minimum Gasteiger partial charge on any atom is -0.375 e. The van der Waals surface area contributed by atoms with E-state index in [1.54, 1.807) is 12.1 Å². The van der Waals surface area contributed by atoms with Gasteiger partial charge in [0.05, 0.1) is 12.7 Å². The normalized spacial score (nSPS) is 22.4. The average molecular weight is 329 g/mol. The number of morpholine rings is 1. The largest absolute Gasteiger partial charge is 0.375 e. The van der Waals surface area contributed by atoms with Gasteiger partial charge in [0.25, 0.3) is 0 Å². The molecule has 2 atom stereocenters. The lowest BCUT2D eigenvalue weighted by Crippen LogP contribution is -2.56. The van der Waals surface area contributed by atoms with Crippen molar-refractivity contribution in [2.45, 2.75) is 38.3 Å². The third kappa shape index (κ3) is 3.77. The van der Waals surface area contributed by atoms with E-state index in [2.05, 4.69) is 10.6 Å². The molecule has 1 aromatic carbocycles. The van der Waals surface area contributed by atoms with Crippen molar-refractivity contribution in [3.63, 3.8) is 0 Å². The number of carbonyl (C=O) groups excluding carboxylic acids is 1. The highest BCUT2D eigenvalue weighted by molar-refractivity contribution is 6.31. The van der Waals surface area contributed by atoms with Crippen molar-refractivity contribution in [1.29, 1.82) is 0 Å². The van der Waals surface area contributed by atoms with Crippen LogP contribution in [0.2, 0.25) is 5.02 Å². The summed E-state index contributed by atoms with van der Waals surface area (Å²) in [6.07, 6.45) is -0.186. The van der Waals surface area contributed by atoms with Gasteiger partial charge in [-0.15, -0.1) is 0 Å². The molecule has 22 heavy (non-hydrogen) atoms. The molecule has 2 rings (SSSR count). The maximum atomic E-state index is 14.1. The second-order valence-corrected chi connectivity index (χ2v) is 6.61. The molecule has 0 bridgehead atoms. The fourth-order valence-corrected chi connectivity index (χ4v) is 3.10. The molecule has 0 saturated carbocycles. The van der Waals surface area contributed by atoms with Crippen LogP contribution >= 0.6 is 11.6 Å². The van der Waals surface area contributed by atoms with Crippen LogP contribution in [0.1, 0.15) is 26.3 Å². The Morgan fingerprint density at radius 1 is 1.55 bits per heavy atom. The van der Waals surface area contributed by atoms with Gasteiger partial charge in [0.1, 0.15) is 11.9 Å². The Morgan fingerprint density at radius 2 is 2.27 bits per heavy atom. The van der Waals surface area contributed by atoms with Gasteiger partial charge in [-0.2, -0.15) is 0 Å². The van der Waals surface area contributed by atoms with Crippen LogP contribution in [0.5, 0.6) is 0 Å². The molecule has 0 radical (unpaired) electrons. The summed E-state index contributed by atoms with van der Waals surface area (Å²) in [6.45, 7) is 7.09. The number of ether oxygens (including phenoxy) is 1. The molecule has 0 spiro atoms. The minimum atomic E-state index is -0.614. The molecule has 1 fully saturated rings. The third-order valence-electron chi connectivity index (χ3n) is 3.94. The maximum absolute atomic E-state index is 14.1. The summed E-state index contributed by atoms with van der Waals surface area (Å²) in [7, 11) is 0. The molecular formula is C16H22ClFN2O2. The average Bonchev–Trinajstić information content (AvgIpc) is 2.45. The monoisotopic (exact) mass is 328 g/mol. The second kappa shape index (κ2) is 6.94. The number of nitrogens with one attached hydrogen (secondary N) is 2. The first-order chi connectivity index (χ1) is 10.3. The van der Waals surface area contributed by atoms with Gasteiger partial charge < -0.3 is 15.4 Å². The van der Waals surface area contributed by atoms with E-state index in [0.29, 0.717) is 23.7 Å². The fourth-order valence-electron chi connectivity index (χ4n) is 2.68. The molecule has 0 aromatic heterocycles. The Morgan fingerprint density at radius 3 is 2.91 bits per heavy atom. The highest BCUT2D eigenvalue weighted by Gasteiger charge is 2.31. The standard InChI is InChI=1S/C16H22ClFN2O2/c1-10-14(19-7-8-22-10)15(21)20-9-16(2,3)13-11(17)5-4-6-12(13)18/h4-6,10,14,19H,7-9H2,1-3H3,(H,20,21)/t10-,14+/m1/s1. The van der Waals surface area contributed by atoms with Crippen molar-refractivity contribution in [2.24, 2.45) is 0 Å². The zero-order chi connectivity index (χ0) is 16.3. The SMILES string of the molecule is C[C@H]1OCCN[C@@H]1C(=O)NCC(C)(C)c1c(F)cccc1Cl. The number of hydrogen-bond acceptors (Lipinski definition) is 3. The lowest BCUT2D eigenvalue weighted by molar-refractivity contribution is -0.129. The number of halogens is 2. The number of hydrogen-bond donors (Lipinski definition) is 2. The van der Waals surface area contributed by atoms with Gasteiger partial charge >= 0.3 is 0 Å². The predicted octanol–water partition coefficient (Wildman–Crippen LogP) is 2.25. The van der Waals surface area contributed by atoms with Gasteiger partial charge in [-0.05, 0) is 19.1 Å². The predicted molar refractivity (Wildman–Crippen MR) is 84.7 cm³/mol. The van der Waals surface area contributed by atoms with E-state index in [1.807, 2.05) is 20.8 Å². The fraction of sp³-hybridized carbons (Fsp3) is 0.562. The van der Waals surface area contributed by atoms with Gasteiger partial charge in [-0.1, -0.05) is 31.5 Å². The lowest BCUT2D eigenvalue weighted by Gasteiger charge is -2.32. The van der Waals surface area contributed by atoms with Crippen LogP contribution in [0.15, 0.2) is 18.2 Å². The maximum Gasteiger partial charge on any atom is 0.239 e. The van der Waals surface area contributed by atoms with E-state index in [4.69, 9.17) is 16.3 Å². The van der Waals surface area contributed by atoms with Crippen LogP contribution in [-0.4, -0.2) is 37.7 Å². The lowest BCUT2D eigenvalue weighted by atomic mass is 9.84. The summed E-state index contributed by atoms with van der Waals surface area (Å²) in [5, 5.41) is 6.37. The number of carbonyl (C=O) groups is 1. The van der Waals surface area contributed by atoms with Crippen LogP contribution in [0.3, 0.4) is 0 Å². The van der Waals surface area contributed by atoms with Crippen molar-refractivity contribution in [3.8, 4) is 0 Å². The number of rotatable bonds is 4. The second-order valence-electron chi connectivity index (χ2n) is 6.21. The Bertz CT molecular complexity index is 531. The molecule has 1 aliphatic rings. The van der Waals surface area contributed by atoms with Crippen LogP contribution in [-0.2, 0) is 14.9 Å². The zero-order valence-corrected chi connectivity index (χ0v) is 13.8. The van der Waals surface area contributed by atoms with Crippen LogP contribution in [0.4, 0.5) is 4.39 Å². The molecular weight excluding hydrogens is 307 g/mol. The number of amides is 1. The van der Waals surface area contributed by atoms with E-state index in [-0.39, 0.29) is 30.4 Å². The Labute approximate surface area is 135 Å². The van der Waals surface area contributed by atoms with Crippen molar-refractivity contribution < 1.29 is 13.9 Å². The summed E-state index contributed by atoms with van der Waals surface area (Å²) >= 11 is 6.12. The van der Waals surface area contributed by atoms with E-state index in [0.717, 1.165) is 0 Å². The highest BCUT2D eigenvalue weighted by Crippen LogP contribution is 2.31. The van der Waals surface area contributed by atoms with Gasteiger partial charge in [0, 0.05) is 29.1 Å². The summed E-state index contributed by atoms with van der Waals surface area (Å²) < 4.78 is 19.5. The molecule has 0 unspecified atom stereocenters. The first kappa shape index (κ1) is 17.2. The van der Waals surface area contributed by atoms with Gasteiger partial charge in [0.15, 0.2) is 0 Å². The van der Waals surface area contributed by atoms with Gasteiger partial charge in [-0.3, -0.25) is 4.79 Å². The smallest absolute Gasteiger partial charge is 0.239 e.